The minimum atomic E-state index is -0.912. The van der Waals surface area contributed by atoms with Crippen LogP contribution in [0.1, 0.15) is 43.0 Å². The minimum Gasteiger partial charge on any atom is -0.492 e. The van der Waals surface area contributed by atoms with E-state index in [1.54, 1.807) is 13.8 Å². The molecule has 1 aromatic carbocycles. The molecular weight excluding hydrogens is 388 g/mol. The van der Waals surface area contributed by atoms with Gasteiger partial charge in [-0.2, -0.15) is 0 Å². The normalized spacial score (nSPS) is 21.2. The second kappa shape index (κ2) is 6.81. The molecule has 0 aliphatic carbocycles. The van der Waals surface area contributed by atoms with Gasteiger partial charge in [0, 0.05) is 16.9 Å². The van der Waals surface area contributed by atoms with E-state index >= 15 is 0 Å². The first kappa shape index (κ1) is 18.6. The maximum absolute atomic E-state index is 12.7. The van der Waals surface area contributed by atoms with Crippen molar-refractivity contribution in [1.29, 1.82) is 0 Å². The third-order valence-electron chi connectivity index (χ3n) is 5.90. The monoisotopic (exact) mass is 412 g/mol. The fourth-order valence-electron chi connectivity index (χ4n) is 4.25. The van der Waals surface area contributed by atoms with Crippen molar-refractivity contribution >= 4 is 28.4 Å². The third kappa shape index (κ3) is 3.11. The Balaban J connectivity index is 1.51. The fraction of sp³-hybridized carbons (Fsp3) is 0.476. The first-order valence-electron chi connectivity index (χ1n) is 10.1. The second-order valence-electron chi connectivity index (χ2n) is 8.34. The van der Waals surface area contributed by atoms with Gasteiger partial charge in [0.15, 0.2) is 0 Å². The highest BCUT2D eigenvalue weighted by Gasteiger charge is 2.46. The summed E-state index contributed by atoms with van der Waals surface area (Å²) in [4.78, 5) is 32.0. The van der Waals surface area contributed by atoms with Crippen LogP contribution in [0.5, 0.6) is 5.75 Å². The van der Waals surface area contributed by atoms with Crippen LogP contribution in [0.2, 0.25) is 0 Å². The van der Waals surface area contributed by atoms with Crippen LogP contribution < -0.4 is 20.3 Å². The molecular formula is C21H24N4O3S. The maximum Gasteiger partial charge on any atom is 0.331 e. The molecule has 8 heteroatoms. The van der Waals surface area contributed by atoms with Gasteiger partial charge in [-0.15, -0.1) is 11.3 Å². The Bertz CT molecular complexity index is 994. The van der Waals surface area contributed by atoms with Crippen molar-refractivity contribution in [2.45, 2.75) is 44.6 Å². The van der Waals surface area contributed by atoms with E-state index in [-0.39, 0.29) is 5.91 Å². The summed E-state index contributed by atoms with van der Waals surface area (Å²) in [5, 5.41) is 6.56. The van der Waals surface area contributed by atoms with E-state index in [0.29, 0.717) is 24.1 Å². The van der Waals surface area contributed by atoms with Crippen LogP contribution in [0.15, 0.2) is 18.2 Å². The van der Waals surface area contributed by atoms with Gasteiger partial charge in [-0.05, 0) is 63.4 Å². The Labute approximate surface area is 173 Å². The van der Waals surface area contributed by atoms with Crippen molar-refractivity contribution in [1.82, 2.24) is 15.6 Å². The number of nitrogens with one attached hydrogen (secondary N) is 2. The van der Waals surface area contributed by atoms with Crippen molar-refractivity contribution in [3.63, 3.8) is 0 Å². The predicted molar refractivity (Wildman–Crippen MR) is 112 cm³/mol. The molecule has 2 saturated heterocycles. The number of benzene rings is 1. The fourth-order valence-corrected chi connectivity index (χ4v) is 5.31. The van der Waals surface area contributed by atoms with Crippen molar-refractivity contribution in [2.24, 2.45) is 0 Å². The largest absolute Gasteiger partial charge is 0.492 e. The number of piperidine rings is 1. The van der Waals surface area contributed by atoms with Crippen LogP contribution in [0, 0.1) is 0 Å². The quantitative estimate of drug-likeness (QED) is 0.741. The molecule has 7 nitrogen and oxygen atoms in total. The zero-order chi connectivity index (χ0) is 20.2. The van der Waals surface area contributed by atoms with Gasteiger partial charge in [0.05, 0.1) is 12.3 Å². The summed E-state index contributed by atoms with van der Waals surface area (Å²) in [6.45, 7) is 6.06. The number of hydrogen-bond donors (Lipinski definition) is 2. The first-order valence-corrected chi connectivity index (χ1v) is 10.9. The molecule has 0 unspecified atom stereocenters. The van der Waals surface area contributed by atoms with Crippen LogP contribution in [0.3, 0.4) is 0 Å². The van der Waals surface area contributed by atoms with Crippen LogP contribution in [0.4, 0.5) is 9.93 Å². The highest BCUT2D eigenvalue weighted by molar-refractivity contribution is 7.16. The van der Waals surface area contributed by atoms with Crippen molar-refractivity contribution < 1.29 is 14.3 Å². The van der Waals surface area contributed by atoms with Crippen LogP contribution >= 0.6 is 11.3 Å². The standard InChI is InChI=1S/C21H24N4O3S/c1-21(2)18(26)25(19(27)24-21)20-23-17-14-4-3-13(12-5-8-22-9-6-12)11-15(14)28-10-7-16(17)29-20/h3-4,11-12,22H,5-10H2,1-2H3,(H,24,27). The smallest absolute Gasteiger partial charge is 0.331 e. The topological polar surface area (TPSA) is 83.6 Å². The van der Waals surface area contributed by atoms with Gasteiger partial charge >= 0.3 is 6.03 Å². The van der Waals surface area contributed by atoms with E-state index in [9.17, 15) is 9.59 Å². The van der Waals surface area contributed by atoms with Gasteiger partial charge in [0.2, 0.25) is 5.13 Å². The summed E-state index contributed by atoms with van der Waals surface area (Å²) in [6.07, 6.45) is 2.97. The highest BCUT2D eigenvalue weighted by atomic mass is 32.1. The number of rotatable bonds is 2. The lowest BCUT2D eigenvalue weighted by Gasteiger charge is -2.23. The number of imide groups is 1. The summed E-state index contributed by atoms with van der Waals surface area (Å²) in [7, 11) is 0. The molecule has 0 atom stereocenters. The summed E-state index contributed by atoms with van der Waals surface area (Å²) < 4.78 is 6.05. The molecule has 152 valence electrons. The molecule has 2 fully saturated rings. The van der Waals surface area contributed by atoms with Gasteiger partial charge in [0.25, 0.3) is 5.91 Å². The molecule has 0 bridgehead atoms. The number of carbonyl (C=O) groups is 2. The number of fused-ring (bicyclic) bond motifs is 3. The van der Waals surface area contributed by atoms with Crippen LogP contribution in [0.25, 0.3) is 11.3 Å². The average Bonchev–Trinajstić information content (AvgIpc) is 3.13. The second-order valence-corrected chi connectivity index (χ2v) is 9.40. The van der Waals surface area contributed by atoms with E-state index in [4.69, 9.17) is 9.72 Å². The minimum absolute atomic E-state index is 0.274. The average molecular weight is 413 g/mol. The molecule has 0 saturated carbocycles. The van der Waals surface area contributed by atoms with Gasteiger partial charge in [0.1, 0.15) is 11.3 Å². The van der Waals surface area contributed by atoms with Crippen molar-refractivity contribution in [3.05, 3.63) is 28.6 Å². The highest BCUT2D eigenvalue weighted by Crippen LogP contribution is 2.42. The molecule has 2 N–H and O–H groups in total. The number of hydrogen-bond acceptors (Lipinski definition) is 6. The molecule has 3 aliphatic rings. The number of thiazole rings is 1. The van der Waals surface area contributed by atoms with Gasteiger partial charge < -0.3 is 15.4 Å². The van der Waals surface area contributed by atoms with Gasteiger partial charge in [-0.3, -0.25) is 4.79 Å². The lowest BCUT2D eigenvalue weighted by molar-refractivity contribution is -0.121. The Morgan fingerprint density at radius 3 is 2.76 bits per heavy atom. The zero-order valence-corrected chi connectivity index (χ0v) is 17.4. The molecule has 1 aromatic heterocycles. The maximum atomic E-state index is 12.7. The molecule has 3 amide bonds. The van der Waals surface area contributed by atoms with E-state index in [2.05, 4.69) is 28.8 Å². The number of nitrogens with zero attached hydrogens (tertiary/aromatic N) is 2. The number of carbonyl (C=O) groups excluding carboxylic acids is 2. The summed E-state index contributed by atoms with van der Waals surface area (Å²) in [5.41, 5.74) is 2.15. The first-order chi connectivity index (χ1) is 13.9. The van der Waals surface area contributed by atoms with Gasteiger partial charge in [-0.1, -0.05) is 6.07 Å². The van der Waals surface area contributed by atoms with Gasteiger partial charge in [-0.25, -0.2) is 14.7 Å². The van der Waals surface area contributed by atoms with E-state index in [1.165, 1.54) is 21.8 Å². The van der Waals surface area contributed by atoms with E-state index in [0.717, 1.165) is 47.8 Å². The molecule has 2 aromatic rings. The molecule has 4 heterocycles. The number of aromatic nitrogens is 1. The zero-order valence-electron chi connectivity index (χ0n) is 16.6. The summed E-state index contributed by atoms with van der Waals surface area (Å²) >= 11 is 1.39. The van der Waals surface area contributed by atoms with Crippen molar-refractivity contribution in [3.8, 4) is 17.0 Å². The Hall–Kier alpha value is -2.45. The summed E-state index contributed by atoms with van der Waals surface area (Å²) in [6, 6.07) is 5.98. The molecule has 5 rings (SSSR count). The number of ether oxygens (including phenoxy) is 1. The Morgan fingerprint density at radius 2 is 2.03 bits per heavy atom. The lowest BCUT2D eigenvalue weighted by atomic mass is 9.89. The van der Waals surface area contributed by atoms with Crippen LogP contribution in [-0.4, -0.2) is 42.2 Å². The molecule has 3 aliphatic heterocycles. The lowest BCUT2D eigenvalue weighted by Crippen LogP contribution is -2.40. The molecule has 0 spiro atoms. The Morgan fingerprint density at radius 1 is 1.24 bits per heavy atom. The summed E-state index contributed by atoms with van der Waals surface area (Å²) in [5.74, 6) is 1.12. The number of anilines is 1. The SMILES string of the molecule is CC1(C)NC(=O)N(c2nc3c(s2)CCOc2cc(C4CCNCC4)ccc2-3)C1=O. The van der Waals surface area contributed by atoms with E-state index < -0.39 is 11.6 Å². The predicted octanol–water partition coefficient (Wildman–Crippen LogP) is 3.05. The van der Waals surface area contributed by atoms with Crippen LogP contribution in [-0.2, 0) is 11.2 Å². The van der Waals surface area contributed by atoms with E-state index in [1.807, 2.05) is 0 Å². The molecule has 0 radical (unpaired) electrons. The number of urea groups is 1. The van der Waals surface area contributed by atoms with Crippen molar-refractivity contribution in [2.75, 3.05) is 24.6 Å². The number of amides is 3. The Kier molecular flexibility index (Phi) is 4.36. The third-order valence-corrected chi connectivity index (χ3v) is 7.00. The molecule has 29 heavy (non-hydrogen) atoms.